The van der Waals surface area contributed by atoms with Crippen molar-refractivity contribution in [3.05, 3.63) is 66.2 Å². The second-order valence-corrected chi connectivity index (χ2v) is 7.57. The molecule has 1 fully saturated rings. The minimum atomic E-state index is -0.237. The first-order valence-corrected chi connectivity index (χ1v) is 10.4. The lowest BCUT2D eigenvalue weighted by Crippen LogP contribution is -2.16. The topological polar surface area (TPSA) is 69.9 Å². The van der Waals surface area contributed by atoms with Crippen LogP contribution in [-0.4, -0.2) is 32.3 Å². The van der Waals surface area contributed by atoms with Crippen LogP contribution in [0.3, 0.4) is 0 Å². The summed E-state index contributed by atoms with van der Waals surface area (Å²) >= 11 is 0. The van der Waals surface area contributed by atoms with E-state index in [1.807, 2.05) is 30.3 Å². The smallest absolute Gasteiger partial charge is 0.255 e. The van der Waals surface area contributed by atoms with E-state index >= 15 is 0 Å². The molecule has 0 aliphatic carbocycles. The second-order valence-electron chi connectivity index (χ2n) is 7.57. The number of carbonyl (C=O) groups is 1. The van der Waals surface area contributed by atoms with Gasteiger partial charge in [-0.2, -0.15) is 0 Å². The zero-order chi connectivity index (χ0) is 21.2. The third-order valence-electron chi connectivity index (χ3n) is 5.52. The van der Waals surface area contributed by atoms with Gasteiger partial charge in [-0.1, -0.05) is 18.2 Å². The highest BCUT2D eigenvalue weighted by Gasteiger charge is 2.17. The fraction of sp³-hybridized carbons (Fsp3) is 0.240. The highest BCUT2D eigenvalue weighted by atomic mass is 16.5. The fourth-order valence-corrected chi connectivity index (χ4v) is 3.88. The minimum Gasteiger partial charge on any atom is -0.495 e. The molecule has 6 heteroatoms. The van der Waals surface area contributed by atoms with Gasteiger partial charge in [0.05, 0.1) is 18.9 Å². The van der Waals surface area contributed by atoms with E-state index in [-0.39, 0.29) is 12.0 Å². The van der Waals surface area contributed by atoms with Crippen molar-refractivity contribution in [2.24, 2.45) is 0 Å². The SMILES string of the molecule is COc1cc2c(cc1NC(=O)c1ccc(OC[C@@H]3CCCO3)cc1)oc1ccccc12. The molecule has 1 aromatic heterocycles. The summed E-state index contributed by atoms with van der Waals surface area (Å²) in [5, 5.41) is 4.88. The van der Waals surface area contributed by atoms with Gasteiger partial charge in [-0.15, -0.1) is 0 Å². The summed E-state index contributed by atoms with van der Waals surface area (Å²) in [5.74, 6) is 1.05. The third-order valence-corrected chi connectivity index (χ3v) is 5.52. The Labute approximate surface area is 179 Å². The molecule has 0 saturated carbocycles. The quantitative estimate of drug-likeness (QED) is 0.455. The van der Waals surface area contributed by atoms with E-state index < -0.39 is 0 Å². The first-order valence-electron chi connectivity index (χ1n) is 10.4. The Morgan fingerprint density at radius 2 is 1.90 bits per heavy atom. The molecule has 158 valence electrons. The molecular formula is C25H23NO5. The molecule has 0 spiro atoms. The predicted octanol–water partition coefficient (Wildman–Crippen LogP) is 5.40. The number of amides is 1. The summed E-state index contributed by atoms with van der Waals surface area (Å²) < 4.78 is 22.8. The molecule has 2 heterocycles. The van der Waals surface area contributed by atoms with Gasteiger partial charge in [0.25, 0.3) is 5.91 Å². The number of methoxy groups -OCH3 is 1. The minimum absolute atomic E-state index is 0.156. The molecule has 4 aromatic rings. The Kier molecular flexibility index (Phi) is 5.22. The van der Waals surface area contributed by atoms with Crippen LogP contribution in [0.2, 0.25) is 0 Å². The second kappa shape index (κ2) is 8.32. The van der Waals surface area contributed by atoms with E-state index in [2.05, 4.69) is 5.32 Å². The average molecular weight is 417 g/mol. The number of nitrogens with one attached hydrogen (secondary N) is 1. The van der Waals surface area contributed by atoms with Crippen LogP contribution < -0.4 is 14.8 Å². The lowest BCUT2D eigenvalue weighted by molar-refractivity contribution is 0.0679. The molecule has 0 bridgehead atoms. The Morgan fingerprint density at radius 1 is 1.06 bits per heavy atom. The van der Waals surface area contributed by atoms with Crippen LogP contribution in [0.25, 0.3) is 21.9 Å². The molecule has 1 aliphatic heterocycles. The first kappa shape index (κ1) is 19.5. The lowest BCUT2D eigenvalue weighted by atomic mass is 10.1. The van der Waals surface area contributed by atoms with Gasteiger partial charge in [-0.3, -0.25) is 4.79 Å². The molecule has 1 N–H and O–H groups in total. The van der Waals surface area contributed by atoms with Crippen molar-refractivity contribution in [1.82, 2.24) is 0 Å². The van der Waals surface area contributed by atoms with Gasteiger partial charge in [0.2, 0.25) is 0 Å². The van der Waals surface area contributed by atoms with Crippen molar-refractivity contribution in [3.8, 4) is 11.5 Å². The normalized spacial score (nSPS) is 16.0. The zero-order valence-corrected chi connectivity index (χ0v) is 17.2. The molecule has 5 rings (SSSR count). The number of carbonyl (C=O) groups excluding carboxylic acids is 1. The monoisotopic (exact) mass is 417 g/mol. The predicted molar refractivity (Wildman–Crippen MR) is 119 cm³/mol. The van der Waals surface area contributed by atoms with Crippen LogP contribution in [0, 0.1) is 0 Å². The van der Waals surface area contributed by atoms with Crippen molar-refractivity contribution < 1.29 is 23.4 Å². The van der Waals surface area contributed by atoms with E-state index in [0.29, 0.717) is 34.9 Å². The molecule has 6 nitrogen and oxygen atoms in total. The lowest BCUT2D eigenvalue weighted by Gasteiger charge is -2.12. The summed E-state index contributed by atoms with van der Waals surface area (Å²) in [7, 11) is 1.58. The van der Waals surface area contributed by atoms with Crippen molar-refractivity contribution in [2.75, 3.05) is 25.6 Å². The highest BCUT2D eigenvalue weighted by molar-refractivity contribution is 6.10. The molecule has 1 atom stereocenters. The van der Waals surface area contributed by atoms with Gasteiger partial charge < -0.3 is 23.9 Å². The van der Waals surface area contributed by atoms with Gasteiger partial charge >= 0.3 is 0 Å². The molecule has 1 amide bonds. The largest absolute Gasteiger partial charge is 0.495 e. The maximum atomic E-state index is 12.8. The van der Waals surface area contributed by atoms with Gasteiger partial charge in [-0.05, 0) is 49.2 Å². The Balaban J connectivity index is 1.33. The molecule has 1 aliphatic rings. The number of ether oxygens (including phenoxy) is 3. The van der Waals surface area contributed by atoms with Crippen LogP contribution in [0.4, 0.5) is 5.69 Å². The van der Waals surface area contributed by atoms with E-state index in [1.54, 1.807) is 37.4 Å². The average Bonchev–Trinajstić information content (AvgIpc) is 3.45. The number of hydrogen-bond acceptors (Lipinski definition) is 5. The van der Waals surface area contributed by atoms with E-state index in [4.69, 9.17) is 18.6 Å². The fourth-order valence-electron chi connectivity index (χ4n) is 3.88. The number of para-hydroxylation sites is 1. The van der Waals surface area contributed by atoms with Gasteiger partial charge in [-0.25, -0.2) is 0 Å². The molecule has 3 aromatic carbocycles. The van der Waals surface area contributed by atoms with Crippen molar-refractivity contribution in [2.45, 2.75) is 18.9 Å². The number of anilines is 1. The van der Waals surface area contributed by atoms with E-state index in [0.717, 1.165) is 35.8 Å². The number of furan rings is 1. The number of rotatable bonds is 6. The number of benzene rings is 3. The van der Waals surface area contributed by atoms with Crippen LogP contribution >= 0.6 is 0 Å². The van der Waals surface area contributed by atoms with Gasteiger partial charge in [0, 0.05) is 29.0 Å². The van der Waals surface area contributed by atoms with Crippen molar-refractivity contribution >= 4 is 33.5 Å². The van der Waals surface area contributed by atoms with Crippen molar-refractivity contribution in [1.29, 1.82) is 0 Å². The zero-order valence-electron chi connectivity index (χ0n) is 17.2. The maximum absolute atomic E-state index is 12.8. The number of fused-ring (bicyclic) bond motifs is 3. The Bertz CT molecular complexity index is 1220. The summed E-state index contributed by atoms with van der Waals surface area (Å²) in [6.45, 7) is 1.33. The molecule has 31 heavy (non-hydrogen) atoms. The first-order chi connectivity index (χ1) is 15.2. The third kappa shape index (κ3) is 3.94. The van der Waals surface area contributed by atoms with Crippen LogP contribution in [0.1, 0.15) is 23.2 Å². The Morgan fingerprint density at radius 3 is 2.68 bits per heavy atom. The molecule has 0 unspecified atom stereocenters. The van der Waals surface area contributed by atoms with E-state index in [1.165, 1.54) is 0 Å². The van der Waals surface area contributed by atoms with Crippen molar-refractivity contribution in [3.63, 3.8) is 0 Å². The summed E-state index contributed by atoms with van der Waals surface area (Å²) in [5.41, 5.74) is 2.56. The van der Waals surface area contributed by atoms with Gasteiger partial charge in [0.15, 0.2) is 0 Å². The van der Waals surface area contributed by atoms with Crippen LogP contribution in [0.15, 0.2) is 65.1 Å². The molecular weight excluding hydrogens is 394 g/mol. The number of hydrogen-bond donors (Lipinski definition) is 1. The van der Waals surface area contributed by atoms with Gasteiger partial charge in [0.1, 0.15) is 29.3 Å². The maximum Gasteiger partial charge on any atom is 0.255 e. The Hall–Kier alpha value is -3.51. The standard InChI is InChI=1S/C25H23NO5/c1-28-24-13-20-19-6-2-3-7-22(19)31-23(20)14-21(24)26-25(27)16-8-10-17(11-9-16)30-15-18-5-4-12-29-18/h2-3,6-11,13-14,18H,4-5,12,15H2,1H3,(H,26,27)/t18-/m0/s1. The van der Waals surface area contributed by atoms with E-state index in [9.17, 15) is 4.79 Å². The molecule has 1 saturated heterocycles. The van der Waals surface area contributed by atoms with Crippen LogP contribution in [-0.2, 0) is 4.74 Å². The summed E-state index contributed by atoms with van der Waals surface area (Å²) in [6.07, 6.45) is 2.26. The summed E-state index contributed by atoms with van der Waals surface area (Å²) in [6, 6.07) is 18.6. The highest BCUT2D eigenvalue weighted by Crippen LogP contribution is 2.36. The summed E-state index contributed by atoms with van der Waals surface area (Å²) in [4.78, 5) is 12.8. The molecule has 0 radical (unpaired) electrons. The van der Waals surface area contributed by atoms with Crippen LogP contribution in [0.5, 0.6) is 11.5 Å².